The molecular formula is C60H45F2N3SSi+2. The van der Waals surface area contributed by atoms with Crippen LogP contribution in [0.15, 0.2) is 195 Å². The molecule has 67 heavy (non-hydrogen) atoms. The van der Waals surface area contributed by atoms with Crippen LogP contribution in [0.4, 0.5) is 8.78 Å². The Hall–Kier alpha value is -7.32. The zero-order chi connectivity index (χ0) is 45.3. The van der Waals surface area contributed by atoms with Crippen molar-refractivity contribution in [3.63, 3.8) is 0 Å². The van der Waals surface area contributed by atoms with E-state index in [-0.39, 0.29) is 29.6 Å². The molecule has 3 nitrogen and oxygen atoms in total. The normalized spacial score (nSPS) is 16.3. The number of hydrogen-bond donors (Lipinski definition) is 0. The SMILES string of the molecule is C=CC1C(C2c3ccc4c(sc5cc(-c6ccc(F)cc6)ccc54)c3-c3n(-c4c(-c5ccccc5)cc(F)c5ccccc45)c4ccccc4[n+]32)c2ccccc2-c2ccc([Si](C)(C)C)c[n+]21. The molecule has 0 radical (unpaired) electrons. The molecule has 3 unspecified atom stereocenters. The number of rotatable bonds is 6. The maximum atomic E-state index is 16.6. The maximum absolute atomic E-state index is 16.6. The summed E-state index contributed by atoms with van der Waals surface area (Å²) in [5, 5.41) is 5.19. The molecule has 322 valence electrons. The number of imidazole rings is 1. The van der Waals surface area contributed by atoms with Crippen molar-refractivity contribution < 1.29 is 17.9 Å². The minimum atomic E-state index is -1.71. The third-order valence-corrected chi connectivity index (χ3v) is 17.7. The first-order valence-electron chi connectivity index (χ1n) is 23.0. The first-order chi connectivity index (χ1) is 32.7. The van der Waals surface area contributed by atoms with Gasteiger partial charge in [0.1, 0.15) is 23.4 Å². The summed E-state index contributed by atoms with van der Waals surface area (Å²) in [6.45, 7) is 11.9. The highest BCUT2D eigenvalue weighted by Gasteiger charge is 2.53. The molecule has 0 aliphatic carbocycles. The van der Waals surface area contributed by atoms with Crippen LogP contribution in [-0.2, 0) is 0 Å². The second kappa shape index (κ2) is 14.8. The summed E-state index contributed by atoms with van der Waals surface area (Å²) in [5.41, 5.74) is 13.0. The zero-order valence-electron chi connectivity index (χ0n) is 37.3. The smallest absolute Gasteiger partial charge is 0.214 e. The molecule has 8 aromatic carbocycles. The fourth-order valence-electron chi connectivity index (χ4n) is 11.4. The van der Waals surface area contributed by atoms with E-state index < -0.39 is 8.07 Å². The molecule has 5 heterocycles. The number of halogens is 2. The van der Waals surface area contributed by atoms with E-state index in [0.717, 1.165) is 54.9 Å². The molecule has 2 aliphatic heterocycles. The van der Waals surface area contributed by atoms with E-state index >= 15 is 4.39 Å². The van der Waals surface area contributed by atoms with Gasteiger partial charge in [-0.05, 0) is 76.9 Å². The van der Waals surface area contributed by atoms with Crippen molar-refractivity contribution in [2.24, 2.45) is 0 Å². The molecule has 11 aromatic rings. The summed E-state index contributed by atoms with van der Waals surface area (Å²) in [5.74, 6) is 0.519. The summed E-state index contributed by atoms with van der Waals surface area (Å²) < 4.78 is 40.6. The topological polar surface area (TPSA) is 12.7 Å². The fourth-order valence-corrected chi connectivity index (χ4v) is 13.8. The average Bonchev–Trinajstić information content (AvgIpc) is 4.01. The monoisotopic (exact) mass is 905 g/mol. The van der Waals surface area contributed by atoms with Crippen molar-refractivity contribution in [3.8, 4) is 50.6 Å². The van der Waals surface area contributed by atoms with Gasteiger partial charge in [-0.25, -0.2) is 13.3 Å². The van der Waals surface area contributed by atoms with Crippen LogP contribution in [0.25, 0.3) is 92.6 Å². The lowest BCUT2D eigenvalue weighted by Gasteiger charge is -2.32. The molecule has 3 aromatic heterocycles. The van der Waals surface area contributed by atoms with Crippen molar-refractivity contribution >= 4 is 66.6 Å². The van der Waals surface area contributed by atoms with Crippen molar-refractivity contribution in [1.82, 2.24) is 4.57 Å². The Labute approximate surface area is 392 Å². The van der Waals surface area contributed by atoms with Gasteiger partial charge in [0.25, 0.3) is 5.82 Å². The number of hydrogen-bond acceptors (Lipinski definition) is 1. The number of para-hydroxylation sites is 2. The Morgan fingerprint density at radius 2 is 1.34 bits per heavy atom. The maximum Gasteiger partial charge on any atom is 0.297 e. The van der Waals surface area contributed by atoms with Crippen LogP contribution >= 0.6 is 11.3 Å². The Balaban J connectivity index is 1.18. The van der Waals surface area contributed by atoms with E-state index in [1.807, 2.05) is 59.9 Å². The van der Waals surface area contributed by atoms with Gasteiger partial charge in [0.05, 0.1) is 29.8 Å². The van der Waals surface area contributed by atoms with Gasteiger partial charge >= 0.3 is 0 Å². The van der Waals surface area contributed by atoms with E-state index in [1.165, 1.54) is 60.7 Å². The predicted octanol–water partition coefficient (Wildman–Crippen LogP) is 14.6. The Bertz CT molecular complexity index is 3860. The molecule has 0 N–H and O–H groups in total. The molecule has 0 bridgehead atoms. The third-order valence-electron chi connectivity index (χ3n) is 14.5. The first kappa shape index (κ1) is 40.0. The first-order valence-corrected chi connectivity index (χ1v) is 27.3. The van der Waals surface area contributed by atoms with Crippen LogP contribution in [0.5, 0.6) is 0 Å². The van der Waals surface area contributed by atoms with Crippen LogP contribution in [0, 0.1) is 11.6 Å². The minimum Gasteiger partial charge on any atom is -0.214 e. The van der Waals surface area contributed by atoms with Crippen LogP contribution in [0.1, 0.15) is 29.1 Å². The molecule has 7 heteroatoms. The number of benzene rings is 8. The van der Waals surface area contributed by atoms with Crippen molar-refractivity contribution in [3.05, 3.63) is 218 Å². The van der Waals surface area contributed by atoms with Crippen LogP contribution < -0.4 is 14.3 Å². The lowest BCUT2D eigenvalue weighted by molar-refractivity contribution is -0.729. The average molecular weight is 906 g/mol. The second-order valence-corrected chi connectivity index (χ2v) is 25.3. The lowest BCUT2D eigenvalue weighted by Crippen LogP contribution is -2.55. The van der Waals surface area contributed by atoms with Crippen molar-refractivity contribution in [2.75, 3.05) is 0 Å². The van der Waals surface area contributed by atoms with Gasteiger partial charge in [0.2, 0.25) is 5.69 Å². The number of fused-ring (bicyclic) bond motifs is 13. The standard InChI is InChI=1S/C60H45F2N3SSi/c1-5-50-55(44-19-11-10-18-42(44)51-32-28-40(35-63(50)51)67(2,3)4)58-47-31-30-46-43-29-25-38(36-23-26-39(61)27-24-36)33-54(43)66-59(46)56(47)60-64(52-21-13-14-22-53(52)65(58)60)57-45-20-12-9-17-41(45)49(62)34-48(57)37-15-7-6-8-16-37/h5-35,50,55,58H,1H2,2-4H3/q+2. The van der Waals surface area contributed by atoms with E-state index in [9.17, 15) is 4.39 Å². The van der Waals surface area contributed by atoms with E-state index in [4.69, 9.17) is 0 Å². The molecule has 13 rings (SSSR count). The van der Waals surface area contributed by atoms with Crippen LogP contribution in [-0.4, -0.2) is 12.6 Å². The molecule has 0 amide bonds. The number of thiophene rings is 1. The lowest BCUT2D eigenvalue weighted by atomic mass is 9.76. The third kappa shape index (κ3) is 5.90. The highest BCUT2D eigenvalue weighted by atomic mass is 32.1. The number of allylic oxidation sites excluding steroid dienone is 1. The number of pyridine rings is 1. The molecule has 0 spiro atoms. The van der Waals surface area contributed by atoms with Gasteiger partial charge in [0.15, 0.2) is 23.3 Å². The van der Waals surface area contributed by atoms with Gasteiger partial charge in [-0.15, -0.1) is 11.3 Å². The molecule has 2 aliphatic rings. The Morgan fingerprint density at radius 3 is 2.15 bits per heavy atom. The molecule has 0 saturated heterocycles. The highest BCUT2D eigenvalue weighted by molar-refractivity contribution is 7.26. The highest BCUT2D eigenvalue weighted by Crippen LogP contribution is 2.55. The summed E-state index contributed by atoms with van der Waals surface area (Å²) in [7, 11) is -1.71. The van der Waals surface area contributed by atoms with Crippen molar-refractivity contribution in [1.29, 1.82) is 0 Å². The fraction of sp³-hybridized carbons (Fsp3) is 0.100. The summed E-state index contributed by atoms with van der Waals surface area (Å²) >= 11 is 1.82. The number of nitrogens with zero attached hydrogens (tertiary/aromatic N) is 3. The Kier molecular flexibility index (Phi) is 8.86. The molecule has 3 atom stereocenters. The summed E-state index contributed by atoms with van der Waals surface area (Å²) in [4.78, 5) is 0. The molecule has 0 saturated carbocycles. The van der Waals surface area contributed by atoms with Gasteiger partial charge in [0, 0.05) is 48.6 Å². The largest absolute Gasteiger partial charge is 0.297 e. The molecule has 0 fully saturated rings. The van der Waals surface area contributed by atoms with Crippen molar-refractivity contribution in [2.45, 2.75) is 37.6 Å². The van der Waals surface area contributed by atoms with Crippen LogP contribution in [0.2, 0.25) is 19.6 Å². The van der Waals surface area contributed by atoms with Gasteiger partial charge in [-0.3, -0.25) is 0 Å². The summed E-state index contributed by atoms with van der Waals surface area (Å²) in [6.07, 6.45) is 4.59. The van der Waals surface area contributed by atoms with Gasteiger partial charge in [-0.2, -0.15) is 9.13 Å². The van der Waals surface area contributed by atoms with Gasteiger partial charge < -0.3 is 0 Å². The van der Waals surface area contributed by atoms with E-state index in [0.29, 0.717) is 5.39 Å². The van der Waals surface area contributed by atoms with E-state index in [1.54, 1.807) is 6.07 Å². The number of aromatic nitrogens is 3. The Morgan fingerprint density at radius 1 is 0.627 bits per heavy atom. The summed E-state index contributed by atoms with van der Waals surface area (Å²) in [6, 6.07) is 60.2. The predicted molar refractivity (Wildman–Crippen MR) is 275 cm³/mol. The minimum absolute atomic E-state index is 0.0530. The second-order valence-electron chi connectivity index (χ2n) is 19.2. The zero-order valence-corrected chi connectivity index (χ0v) is 39.2. The van der Waals surface area contributed by atoms with Crippen LogP contribution in [0.3, 0.4) is 0 Å². The van der Waals surface area contributed by atoms with E-state index in [2.05, 4.69) is 161 Å². The van der Waals surface area contributed by atoms with Gasteiger partial charge in [-0.1, -0.05) is 148 Å². The quantitative estimate of drug-likeness (QED) is 0.0896. The molecular weight excluding hydrogens is 861 g/mol.